The van der Waals surface area contributed by atoms with E-state index < -0.39 is 35.8 Å². The molecule has 0 saturated heterocycles. The van der Waals surface area contributed by atoms with Gasteiger partial charge < -0.3 is 20.3 Å². The largest absolute Gasteiger partial charge is 0.481 e. The van der Waals surface area contributed by atoms with Crippen molar-refractivity contribution in [3.05, 3.63) is 24.0 Å². The Bertz CT molecular complexity index is 865. The van der Waals surface area contributed by atoms with Crippen molar-refractivity contribution in [2.75, 3.05) is 18.9 Å². The van der Waals surface area contributed by atoms with E-state index >= 15 is 0 Å². The molecule has 3 N–H and O–H groups in total. The summed E-state index contributed by atoms with van der Waals surface area (Å²) in [5, 5.41) is 11.2. The predicted octanol–water partition coefficient (Wildman–Crippen LogP) is 3.40. The first kappa shape index (κ1) is 20.4. The Balaban J connectivity index is 2.19. The van der Waals surface area contributed by atoms with Crippen molar-refractivity contribution in [2.24, 2.45) is 5.92 Å². The van der Waals surface area contributed by atoms with Crippen molar-refractivity contribution in [1.29, 1.82) is 0 Å². The molecule has 0 aliphatic rings. The molecule has 1 aromatic carbocycles. The molecular formula is C15H15F5N4O3. The zero-order valence-electron chi connectivity index (χ0n) is 14.1. The lowest BCUT2D eigenvalue weighted by Crippen LogP contribution is -2.36. The van der Waals surface area contributed by atoms with E-state index in [1.54, 1.807) is 0 Å². The number of amides is 2. The fourth-order valence-electron chi connectivity index (χ4n) is 2.16. The van der Waals surface area contributed by atoms with Crippen molar-refractivity contribution < 1.29 is 36.6 Å². The predicted molar refractivity (Wildman–Crippen MR) is 84.5 cm³/mol. The van der Waals surface area contributed by atoms with Crippen LogP contribution in [0.2, 0.25) is 0 Å². The van der Waals surface area contributed by atoms with Gasteiger partial charge in [-0.15, -0.1) is 0 Å². The summed E-state index contributed by atoms with van der Waals surface area (Å²) in [7, 11) is 1.35. The second-order valence-electron chi connectivity index (χ2n) is 5.94. The number of carboxylic acid groups (broad SMARTS) is 1. The third kappa shape index (κ3) is 4.26. The molecule has 148 valence electrons. The molecule has 2 amide bonds. The average Bonchev–Trinajstić information content (AvgIpc) is 2.97. The van der Waals surface area contributed by atoms with Crippen molar-refractivity contribution in [2.45, 2.75) is 19.0 Å². The minimum atomic E-state index is -5.80. The molecule has 1 unspecified atom stereocenters. The Morgan fingerprint density at radius 3 is 2.48 bits per heavy atom. The van der Waals surface area contributed by atoms with Gasteiger partial charge in [-0.2, -0.15) is 22.0 Å². The first-order valence-electron chi connectivity index (χ1n) is 7.52. The molecule has 2 rings (SSSR count). The number of benzene rings is 1. The van der Waals surface area contributed by atoms with Crippen molar-refractivity contribution >= 4 is 28.7 Å². The van der Waals surface area contributed by atoms with Gasteiger partial charge in [-0.25, -0.2) is 9.78 Å². The van der Waals surface area contributed by atoms with Crippen molar-refractivity contribution in [3.63, 3.8) is 0 Å². The molecule has 2 aromatic rings. The number of aromatic amines is 1. The van der Waals surface area contributed by atoms with Crippen LogP contribution in [0.5, 0.6) is 0 Å². The van der Waals surface area contributed by atoms with Crippen LogP contribution in [-0.4, -0.2) is 51.7 Å². The van der Waals surface area contributed by atoms with Gasteiger partial charge in [-0.1, -0.05) is 6.92 Å². The van der Waals surface area contributed by atoms with Crippen LogP contribution in [0.25, 0.3) is 11.0 Å². The number of aliphatic carboxylic acids is 1. The number of halogens is 5. The molecule has 0 spiro atoms. The standard InChI is InChI=1S/C15H15F5N4O3/c1-7(11(25)26)6-24(2)13(27)21-8-3-4-9-10(5-8)23-12(22-9)14(16,17)15(18,19)20/h3-5,7H,6H2,1-2H3,(H,21,27)(H,22,23)(H,25,26). The number of carboxylic acids is 1. The van der Waals surface area contributed by atoms with Gasteiger partial charge in [-0.3, -0.25) is 4.79 Å². The van der Waals surface area contributed by atoms with Gasteiger partial charge in [-0.05, 0) is 18.2 Å². The number of hydrogen-bond acceptors (Lipinski definition) is 3. The van der Waals surface area contributed by atoms with E-state index in [0.29, 0.717) is 0 Å². The highest BCUT2D eigenvalue weighted by atomic mass is 19.4. The van der Waals surface area contributed by atoms with Crippen LogP contribution in [0, 0.1) is 5.92 Å². The van der Waals surface area contributed by atoms with Gasteiger partial charge in [0, 0.05) is 19.3 Å². The Morgan fingerprint density at radius 1 is 1.30 bits per heavy atom. The molecule has 1 atom stereocenters. The molecule has 27 heavy (non-hydrogen) atoms. The fourth-order valence-corrected chi connectivity index (χ4v) is 2.16. The number of nitrogens with zero attached hydrogens (tertiary/aromatic N) is 2. The Morgan fingerprint density at radius 2 is 1.93 bits per heavy atom. The van der Waals surface area contributed by atoms with Gasteiger partial charge >= 0.3 is 24.1 Å². The van der Waals surface area contributed by atoms with Crippen LogP contribution >= 0.6 is 0 Å². The Kier molecular flexibility index (Phi) is 5.29. The normalized spacial score (nSPS) is 13.4. The number of carbonyl (C=O) groups is 2. The van der Waals surface area contributed by atoms with E-state index in [1.165, 1.54) is 20.0 Å². The van der Waals surface area contributed by atoms with E-state index in [-0.39, 0.29) is 23.3 Å². The van der Waals surface area contributed by atoms with E-state index in [2.05, 4.69) is 10.3 Å². The van der Waals surface area contributed by atoms with Crippen LogP contribution in [0.3, 0.4) is 0 Å². The number of nitrogens with one attached hydrogen (secondary N) is 2. The highest BCUT2D eigenvalue weighted by molar-refractivity contribution is 5.92. The number of urea groups is 1. The molecule has 1 aromatic heterocycles. The number of H-pyrrole nitrogens is 1. The lowest BCUT2D eigenvalue weighted by molar-refractivity contribution is -0.292. The molecule has 0 fully saturated rings. The topological polar surface area (TPSA) is 98.3 Å². The molecule has 7 nitrogen and oxygen atoms in total. The van der Waals surface area contributed by atoms with E-state index in [0.717, 1.165) is 17.0 Å². The second-order valence-corrected chi connectivity index (χ2v) is 5.94. The number of anilines is 1. The molecule has 0 aliphatic carbocycles. The van der Waals surface area contributed by atoms with Gasteiger partial charge in [0.25, 0.3) is 0 Å². The van der Waals surface area contributed by atoms with E-state index in [1.807, 2.05) is 4.98 Å². The summed E-state index contributed by atoms with van der Waals surface area (Å²) in [5.41, 5.74) is -0.166. The first-order valence-corrected chi connectivity index (χ1v) is 7.52. The van der Waals surface area contributed by atoms with Gasteiger partial charge in [0.2, 0.25) is 0 Å². The number of hydrogen-bond donors (Lipinski definition) is 3. The summed E-state index contributed by atoms with van der Waals surface area (Å²) < 4.78 is 64.0. The summed E-state index contributed by atoms with van der Waals surface area (Å²) in [6.07, 6.45) is -5.80. The number of carbonyl (C=O) groups excluding carboxylic acids is 1. The van der Waals surface area contributed by atoms with Crippen LogP contribution in [0.4, 0.5) is 32.4 Å². The van der Waals surface area contributed by atoms with Gasteiger partial charge in [0.05, 0.1) is 17.0 Å². The van der Waals surface area contributed by atoms with Crippen LogP contribution in [-0.2, 0) is 10.7 Å². The summed E-state index contributed by atoms with van der Waals surface area (Å²) in [5.74, 6) is -8.61. The molecule has 12 heteroatoms. The third-order valence-electron chi connectivity index (χ3n) is 3.70. The molecule has 0 aliphatic heterocycles. The summed E-state index contributed by atoms with van der Waals surface area (Å²) >= 11 is 0. The summed E-state index contributed by atoms with van der Waals surface area (Å²) in [6, 6.07) is 2.90. The zero-order chi connectivity index (χ0) is 20.6. The maximum atomic E-state index is 13.4. The number of aromatic nitrogens is 2. The smallest absolute Gasteiger partial charge is 0.461 e. The maximum absolute atomic E-state index is 13.4. The molecule has 1 heterocycles. The summed E-state index contributed by atoms with van der Waals surface area (Å²) in [4.78, 5) is 29.1. The lowest BCUT2D eigenvalue weighted by Gasteiger charge is -2.20. The van der Waals surface area contributed by atoms with Crippen LogP contribution < -0.4 is 5.32 Å². The highest BCUT2D eigenvalue weighted by Crippen LogP contribution is 2.43. The minimum absolute atomic E-state index is 0.0879. The molecule has 0 saturated carbocycles. The van der Waals surface area contributed by atoms with Gasteiger partial charge in [0.15, 0.2) is 5.82 Å². The van der Waals surface area contributed by atoms with E-state index in [9.17, 15) is 31.5 Å². The highest BCUT2D eigenvalue weighted by Gasteiger charge is 2.61. The quantitative estimate of drug-likeness (QED) is 0.677. The number of imidazole rings is 1. The number of rotatable bonds is 5. The lowest BCUT2D eigenvalue weighted by atomic mass is 10.2. The minimum Gasteiger partial charge on any atom is -0.481 e. The summed E-state index contributed by atoms with van der Waals surface area (Å²) in [6.45, 7) is 1.32. The zero-order valence-corrected chi connectivity index (χ0v) is 14.1. The second kappa shape index (κ2) is 7.00. The van der Waals surface area contributed by atoms with Crippen LogP contribution in [0.15, 0.2) is 18.2 Å². The average molecular weight is 394 g/mol. The van der Waals surface area contributed by atoms with E-state index in [4.69, 9.17) is 5.11 Å². The monoisotopic (exact) mass is 394 g/mol. The fraction of sp³-hybridized carbons (Fsp3) is 0.400. The Hall–Kier alpha value is -2.92. The molecule has 0 radical (unpaired) electrons. The number of fused-ring (bicyclic) bond motifs is 1. The molecule has 0 bridgehead atoms. The first-order chi connectivity index (χ1) is 12.3. The third-order valence-corrected chi connectivity index (χ3v) is 3.70. The molecular weight excluding hydrogens is 379 g/mol. The van der Waals surface area contributed by atoms with Crippen molar-refractivity contribution in [1.82, 2.24) is 14.9 Å². The van der Waals surface area contributed by atoms with Crippen LogP contribution in [0.1, 0.15) is 12.7 Å². The van der Waals surface area contributed by atoms with Crippen molar-refractivity contribution in [3.8, 4) is 0 Å². The Labute approximate surface area is 149 Å². The SMILES string of the molecule is CC(CN(C)C(=O)Nc1ccc2nc(C(F)(F)C(F)(F)F)[nH]c2c1)C(=O)O. The number of alkyl halides is 5. The maximum Gasteiger partial charge on any atom is 0.461 e. The van der Waals surface area contributed by atoms with Gasteiger partial charge in [0.1, 0.15) is 0 Å².